The molecule has 0 unspecified atom stereocenters. The quantitative estimate of drug-likeness (QED) is 0.897. The molecule has 1 aromatic heterocycles. The van der Waals surface area contributed by atoms with E-state index in [1.54, 1.807) is 11.3 Å². The predicted octanol–water partition coefficient (Wildman–Crippen LogP) is 2.51. The van der Waals surface area contributed by atoms with Gasteiger partial charge in [0, 0.05) is 10.4 Å². The van der Waals surface area contributed by atoms with E-state index in [0.29, 0.717) is 13.1 Å². The number of halogens is 1. The van der Waals surface area contributed by atoms with E-state index >= 15 is 0 Å². The standard InChI is InChI=1S/C11H17BrN2OS/c1-11(2,3)14-7-10(15)13-6-8-4-5-9(12)16-8/h4-5,14H,6-7H2,1-3H3,(H,13,15). The van der Waals surface area contributed by atoms with Crippen LogP contribution in [0.3, 0.4) is 0 Å². The highest BCUT2D eigenvalue weighted by molar-refractivity contribution is 9.11. The van der Waals surface area contributed by atoms with Crippen LogP contribution in [0.4, 0.5) is 0 Å². The summed E-state index contributed by atoms with van der Waals surface area (Å²) in [5, 5.41) is 6.02. The van der Waals surface area contributed by atoms with Gasteiger partial charge in [-0.2, -0.15) is 0 Å². The zero-order chi connectivity index (χ0) is 12.2. The van der Waals surface area contributed by atoms with Crippen LogP contribution < -0.4 is 10.6 Å². The zero-order valence-corrected chi connectivity index (χ0v) is 12.2. The maximum atomic E-state index is 11.5. The van der Waals surface area contributed by atoms with Crippen LogP contribution in [-0.4, -0.2) is 18.0 Å². The molecule has 0 aliphatic rings. The van der Waals surface area contributed by atoms with Crippen LogP contribution in [0.5, 0.6) is 0 Å². The molecule has 3 nitrogen and oxygen atoms in total. The molecule has 1 amide bonds. The number of thiophene rings is 1. The first-order valence-corrected chi connectivity index (χ1v) is 6.74. The van der Waals surface area contributed by atoms with E-state index in [1.807, 2.05) is 32.9 Å². The molecule has 0 aromatic carbocycles. The number of amides is 1. The number of nitrogens with one attached hydrogen (secondary N) is 2. The molecule has 0 atom stereocenters. The van der Waals surface area contributed by atoms with Crippen LogP contribution in [0.25, 0.3) is 0 Å². The Morgan fingerprint density at radius 1 is 1.44 bits per heavy atom. The molecule has 16 heavy (non-hydrogen) atoms. The first-order chi connectivity index (χ1) is 7.37. The first-order valence-electron chi connectivity index (χ1n) is 5.13. The van der Waals surface area contributed by atoms with Crippen molar-refractivity contribution in [3.05, 3.63) is 20.8 Å². The van der Waals surface area contributed by atoms with Gasteiger partial charge in [0.15, 0.2) is 0 Å². The van der Waals surface area contributed by atoms with Gasteiger partial charge in [-0.3, -0.25) is 4.79 Å². The molecule has 90 valence electrons. The minimum atomic E-state index is -0.0245. The third-order valence-electron chi connectivity index (χ3n) is 1.87. The molecule has 1 aromatic rings. The number of rotatable bonds is 4. The molecule has 1 rings (SSSR count). The minimum absolute atomic E-state index is 0.0245. The largest absolute Gasteiger partial charge is 0.350 e. The van der Waals surface area contributed by atoms with Crippen molar-refractivity contribution in [1.29, 1.82) is 0 Å². The van der Waals surface area contributed by atoms with E-state index < -0.39 is 0 Å². The lowest BCUT2D eigenvalue weighted by atomic mass is 10.1. The topological polar surface area (TPSA) is 41.1 Å². The van der Waals surface area contributed by atoms with Crippen LogP contribution >= 0.6 is 27.3 Å². The lowest BCUT2D eigenvalue weighted by molar-refractivity contribution is -0.120. The molecule has 5 heteroatoms. The van der Waals surface area contributed by atoms with E-state index in [4.69, 9.17) is 0 Å². The second kappa shape index (κ2) is 5.80. The minimum Gasteiger partial charge on any atom is -0.350 e. The summed E-state index contributed by atoms with van der Waals surface area (Å²) >= 11 is 5.02. The fourth-order valence-corrected chi connectivity index (χ4v) is 2.46. The second-order valence-corrected chi connectivity index (χ2v) is 7.13. The van der Waals surface area contributed by atoms with Crippen LogP contribution in [0.15, 0.2) is 15.9 Å². The fraction of sp³-hybridized carbons (Fsp3) is 0.545. The van der Waals surface area contributed by atoms with Crippen LogP contribution in [0.2, 0.25) is 0 Å². The van der Waals surface area contributed by atoms with E-state index in [1.165, 1.54) is 0 Å². The van der Waals surface area contributed by atoms with Crippen molar-refractivity contribution < 1.29 is 4.79 Å². The Hall–Kier alpha value is -0.390. The average Bonchev–Trinajstić information content (AvgIpc) is 2.57. The fourth-order valence-electron chi connectivity index (χ4n) is 1.04. The Morgan fingerprint density at radius 3 is 2.62 bits per heavy atom. The number of hydrogen-bond acceptors (Lipinski definition) is 3. The summed E-state index contributed by atoms with van der Waals surface area (Å²) in [5.41, 5.74) is -0.0245. The van der Waals surface area contributed by atoms with Gasteiger partial charge in [-0.1, -0.05) is 0 Å². The Balaban J connectivity index is 2.25. The number of carbonyl (C=O) groups excluding carboxylic acids is 1. The zero-order valence-electron chi connectivity index (χ0n) is 9.76. The molecular formula is C11H17BrN2OS. The molecule has 1 heterocycles. The van der Waals surface area contributed by atoms with Gasteiger partial charge in [-0.25, -0.2) is 0 Å². The average molecular weight is 305 g/mol. The maximum Gasteiger partial charge on any atom is 0.234 e. The summed E-state index contributed by atoms with van der Waals surface area (Å²) in [6.45, 7) is 7.07. The molecule has 2 N–H and O–H groups in total. The van der Waals surface area contributed by atoms with Gasteiger partial charge in [0.05, 0.1) is 16.9 Å². The van der Waals surface area contributed by atoms with E-state index in [-0.39, 0.29) is 11.4 Å². The van der Waals surface area contributed by atoms with Crippen molar-refractivity contribution in [3.8, 4) is 0 Å². The monoisotopic (exact) mass is 304 g/mol. The third kappa shape index (κ3) is 5.63. The summed E-state index contributed by atoms with van der Waals surface area (Å²) in [7, 11) is 0. The van der Waals surface area contributed by atoms with E-state index in [2.05, 4.69) is 26.6 Å². The third-order valence-corrected chi connectivity index (χ3v) is 3.49. The molecule has 0 saturated carbocycles. The summed E-state index contributed by atoms with van der Waals surface area (Å²) in [5.74, 6) is 0.0273. The highest BCUT2D eigenvalue weighted by Crippen LogP contribution is 2.21. The van der Waals surface area contributed by atoms with Crippen molar-refractivity contribution in [2.75, 3.05) is 6.54 Å². The Morgan fingerprint density at radius 2 is 2.12 bits per heavy atom. The smallest absolute Gasteiger partial charge is 0.234 e. The van der Waals surface area contributed by atoms with Crippen molar-refractivity contribution in [2.45, 2.75) is 32.9 Å². The van der Waals surface area contributed by atoms with Gasteiger partial charge in [0.1, 0.15) is 0 Å². The normalized spacial score (nSPS) is 11.5. The highest BCUT2D eigenvalue weighted by atomic mass is 79.9. The number of hydrogen-bond donors (Lipinski definition) is 2. The van der Waals surface area contributed by atoms with Gasteiger partial charge >= 0.3 is 0 Å². The molecule has 0 radical (unpaired) electrons. The molecule has 0 fully saturated rings. The first kappa shape index (κ1) is 13.7. The molecule has 0 aliphatic carbocycles. The van der Waals surface area contributed by atoms with Gasteiger partial charge < -0.3 is 10.6 Å². The molecule has 0 bridgehead atoms. The summed E-state index contributed by atoms with van der Waals surface area (Å²) in [6, 6.07) is 3.99. The highest BCUT2D eigenvalue weighted by Gasteiger charge is 2.11. The van der Waals surface area contributed by atoms with Crippen molar-refractivity contribution in [2.24, 2.45) is 0 Å². The van der Waals surface area contributed by atoms with E-state index in [0.717, 1.165) is 8.66 Å². The lowest BCUT2D eigenvalue weighted by Crippen LogP contribution is -2.43. The Bertz CT molecular complexity index is 357. The maximum absolute atomic E-state index is 11.5. The van der Waals surface area contributed by atoms with Crippen LogP contribution in [-0.2, 0) is 11.3 Å². The lowest BCUT2D eigenvalue weighted by Gasteiger charge is -2.19. The number of carbonyl (C=O) groups is 1. The van der Waals surface area contributed by atoms with E-state index in [9.17, 15) is 4.79 Å². The van der Waals surface area contributed by atoms with Crippen LogP contribution in [0.1, 0.15) is 25.6 Å². The SMILES string of the molecule is CC(C)(C)NCC(=O)NCc1ccc(Br)s1. The van der Waals surface area contributed by atoms with Gasteiger partial charge in [-0.15, -0.1) is 11.3 Å². The van der Waals surface area contributed by atoms with Gasteiger partial charge in [0.25, 0.3) is 0 Å². The summed E-state index contributed by atoms with van der Waals surface area (Å²) in [4.78, 5) is 12.6. The molecule has 0 spiro atoms. The predicted molar refractivity (Wildman–Crippen MR) is 71.6 cm³/mol. The van der Waals surface area contributed by atoms with Gasteiger partial charge in [-0.05, 0) is 48.8 Å². The Labute approximate surface area is 109 Å². The van der Waals surface area contributed by atoms with Gasteiger partial charge in [0.2, 0.25) is 5.91 Å². The summed E-state index contributed by atoms with van der Waals surface area (Å²) in [6.07, 6.45) is 0. The summed E-state index contributed by atoms with van der Waals surface area (Å²) < 4.78 is 1.09. The molecule has 0 saturated heterocycles. The van der Waals surface area contributed by atoms with Crippen LogP contribution in [0, 0.1) is 0 Å². The Kier molecular flexibility index (Phi) is 4.95. The second-order valence-electron chi connectivity index (χ2n) is 4.59. The van der Waals surface area contributed by atoms with Crippen molar-refractivity contribution in [3.63, 3.8) is 0 Å². The van der Waals surface area contributed by atoms with Crippen molar-refractivity contribution >= 4 is 33.2 Å². The molecule has 0 aliphatic heterocycles. The van der Waals surface area contributed by atoms with Crippen molar-refractivity contribution in [1.82, 2.24) is 10.6 Å². The molecular weight excluding hydrogens is 288 g/mol.